The average molecular weight is 381 g/mol. The molecule has 1 aromatic carbocycles. The van der Waals surface area contributed by atoms with Crippen molar-refractivity contribution in [3.8, 4) is 11.5 Å². The molecule has 1 aromatic rings. The number of benzene rings is 1. The molecule has 0 aromatic heterocycles. The van der Waals surface area contributed by atoms with Crippen molar-refractivity contribution in [3.05, 3.63) is 28.7 Å². The van der Waals surface area contributed by atoms with Crippen molar-refractivity contribution >= 4 is 46.3 Å². The first kappa shape index (κ1) is 19.3. The van der Waals surface area contributed by atoms with E-state index >= 15 is 0 Å². The second kappa shape index (κ2) is 8.87. The van der Waals surface area contributed by atoms with E-state index < -0.39 is 5.97 Å². The molecule has 1 aliphatic rings. The van der Waals surface area contributed by atoms with Crippen molar-refractivity contribution in [2.45, 2.75) is 20.3 Å². The summed E-state index contributed by atoms with van der Waals surface area (Å²) in [4.78, 5) is 24.9. The van der Waals surface area contributed by atoms with E-state index in [9.17, 15) is 9.59 Å². The predicted octanol–water partition coefficient (Wildman–Crippen LogP) is 3.16. The first-order valence-corrected chi connectivity index (χ1v) is 9.05. The highest BCUT2D eigenvalue weighted by atomic mass is 32.2. The van der Waals surface area contributed by atoms with Crippen molar-refractivity contribution in [1.29, 1.82) is 0 Å². The van der Waals surface area contributed by atoms with Crippen molar-refractivity contribution < 1.29 is 24.2 Å². The average Bonchev–Trinajstić information content (AvgIpc) is 2.82. The lowest BCUT2D eigenvalue weighted by Gasteiger charge is -2.12. The van der Waals surface area contributed by atoms with Gasteiger partial charge in [0.05, 0.1) is 24.5 Å². The van der Waals surface area contributed by atoms with E-state index in [1.165, 1.54) is 16.7 Å². The number of thioether (sulfide) groups is 1. The Balaban J connectivity index is 2.22. The third kappa shape index (κ3) is 4.96. The second-order valence-corrected chi connectivity index (χ2v) is 6.73. The van der Waals surface area contributed by atoms with Gasteiger partial charge < -0.3 is 14.6 Å². The fourth-order valence-electron chi connectivity index (χ4n) is 2.21. The fourth-order valence-corrected chi connectivity index (χ4v) is 3.52. The topological polar surface area (TPSA) is 76.1 Å². The van der Waals surface area contributed by atoms with E-state index in [0.717, 1.165) is 5.56 Å². The van der Waals surface area contributed by atoms with Gasteiger partial charge in [0.15, 0.2) is 11.5 Å². The summed E-state index contributed by atoms with van der Waals surface area (Å²) in [6.45, 7) is 4.88. The first-order valence-electron chi connectivity index (χ1n) is 7.83. The minimum Gasteiger partial charge on any atom is -0.490 e. The maximum absolute atomic E-state index is 12.4. The molecule has 1 amide bonds. The SMILES string of the molecule is CCOc1ccc(/C=C2\SC(=S)N(CCC(=O)O)C2=O)cc1OCC. The lowest BCUT2D eigenvalue weighted by atomic mass is 10.2. The molecular formula is C17H19NO5S2. The molecule has 2 rings (SSSR count). The van der Waals surface area contributed by atoms with Crippen LogP contribution in [0.2, 0.25) is 0 Å². The highest BCUT2D eigenvalue weighted by Gasteiger charge is 2.32. The molecule has 0 radical (unpaired) electrons. The zero-order valence-corrected chi connectivity index (χ0v) is 15.6. The number of rotatable bonds is 8. The molecule has 1 fully saturated rings. The van der Waals surface area contributed by atoms with E-state index in [-0.39, 0.29) is 18.9 Å². The molecule has 25 heavy (non-hydrogen) atoms. The Morgan fingerprint density at radius 3 is 2.60 bits per heavy atom. The van der Waals surface area contributed by atoms with E-state index in [1.54, 1.807) is 18.2 Å². The van der Waals surface area contributed by atoms with Crippen LogP contribution in [-0.2, 0) is 9.59 Å². The summed E-state index contributed by atoms with van der Waals surface area (Å²) in [5.41, 5.74) is 0.783. The highest BCUT2D eigenvalue weighted by Crippen LogP contribution is 2.34. The van der Waals surface area contributed by atoms with Crippen molar-refractivity contribution in [3.63, 3.8) is 0 Å². The van der Waals surface area contributed by atoms with Gasteiger partial charge in [0.1, 0.15) is 4.32 Å². The van der Waals surface area contributed by atoms with Crippen LogP contribution in [0, 0.1) is 0 Å². The third-order valence-electron chi connectivity index (χ3n) is 3.29. The lowest BCUT2D eigenvalue weighted by Crippen LogP contribution is -2.30. The quantitative estimate of drug-likeness (QED) is 0.547. The summed E-state index contributed by atoms with van der Waals surface area (Å²) in [5, 5.41) is 8.77. The molecule has 6 nitrogen and oxygen atoms in total. The van der Waals surface area contributed by atoms with Gasteiger partial charge in [-0.1, -0.05) is 30.0 Å². The number of ether oxygens (including phenoxy) is 2. The molecule has 1 N–H and O–H groups in total. The number of aliphatic carboxylic acids is 1. The minimum atomic E-state index is -0.967. The van der Waals surface area contributed by atoms with Gasteiger partial charge in [0.2, 0.25) is 0 Å². The van der Waals surface area contributed by atoms with Gasteiger partial charge >= 0.3 is 5.97 Å². The van der Waals surface area contributed by atoms with Gasteiger partial charge in [-0.2, -0.15) is 0 Å². The van der Waals surface area contributed by atoms with Crippen LogP contribution in [0.3, 0.4) is 0 Å². The van der Waals surface area contributed by atoms with E-state index in [2.05, 4.69) is 0 Å². The number of carbonyl (C=O) groups is 2. The van der Waals surface area contributed by atoms with Crippen LogP contribution in [0.15, 0.2) is 23.1 Å². The van der Waals surface area contributed by atoms with Crippen LogP contribution >= 0.6 is 24.0 Å². The van der Waals surface area contributed by atoms with Crippen LogP contribution in [-0.4, -0.2) is 46.0 Å². The Hall–Kier alpha value is -2.06. The number of carbonyl (C=O) groups excluding carboxylic acids is 1. The summed E-state index contributed by atoms with van der Waals surface area (Å²) in [6, 6.07) is 5.43. The Kier molecular flexibility index (Phi) is 6.83. The largest absolute Gasteiger partial charge is 0.490 e. The minimum absolute atomic E-state index is 0.0742. The van der Waals surface area contributed by atoms with Crippen LogP contribution in [0.4, 0.5) is 0 Å². The zero-order chi connectivity index (χ0) is 18.4. The van der Waals surface area contributed by atoms with Crippen molar-refractivity contribution in [2.24, 2.45) is 0 Å². The Bertz CT molecular complexity index is 717. The highest BCUT2D eigenvalue weighted by molar-refractivity contribution is 8.26. The Labute approximate surface area is 155 Å². The molecule has 134 valence electrons. The van der Waals surface area contributed by atoms with Gasteiger partial charge in [-0.25, -0.2) is 0 Å². The molecule has 1 saturated heterocycles. The zero-order valence-electron chi connectivity index (χ0n) is 14.0. The van der Waals surface area contributed by atoms with Crippen LogP contribution in [0.25, 0.3) is 6.08 Å². The van der Waals surface area contributed by atoms with Crippen molar-refractivity contribution in [1.82, 2.24) is 4.90 Å². The number of thiocarbonyl (C=S) groups is 1. The molecule has 0 aliphatic carbocycles. The maximum Gasteiger partial charge on any atom is 0.305 e. The molecule has 0 spiro atoms. The normalized spacial score (nSPS) is 15.8. The standard InChI is InChI=1S/C17H19NO5S2/c1-3-22-12-6-5-11(9-13(12)23-4-2)10-14-16(21)18(17(24)25-14)8-7-15(19)20/h5-6,9-10H,3-4,7-8H2,1-2H3,(H,19,20)/b14-10-. The summed E-state index contributed by atoms with van der Waals surface area (Å²) in [7, 11) is 0. The Morgan fingerprint density at radius 2 is 1.96 bits per heavy atom. The molecule has 0 unspecified atom stereocenters. The van der Waals surface area contributed by atoms with Crippen molar-refractivity contribution in [2.75, 3.05) is 19.8 Å². The van der Waals surface area contributed by atoms with Gasteiger partial charge in [-0.15, -0.1) is 0 Å². The summed E-state index contributed by atoms with van der Waals surface area (Å²) in [6.07, 6.45) is 1.58. The number of nitrogens with zero attached hydrogens (tertiary/aromatic N) is 1. The number of hydrogen-bond donors (Lipinski definition) is 1. The van der Waals surface area contributed by atoms with Gasteiger partial charge in [-0.05, 0) is 37.6 Å². The van der Waals surface area contributed by atoms with Crippen LogP contribution in [0.5, 0.6) is 11.5 Å². The molecule has 1 heterocycles. The molecule has 0 saturated carbocycles. The third-order valence-corrected chi connectivity index (χ3v) is 4.67. The molecule has 1 aliphatic heterocycles. The Morgan fingerprint density at radius 1 is 1.28 bits per heavy atom. The van der Waals surface area contributed by atoms with E-state index in [1.807, 2.05) is 19.9 Å². The summed E-state index contributed by atoms with van der Waals surface area (Å²) >= 11 is 6.34. The molecule has 8 heteroatoms. The van der Waals surface area contributed by atoms with E-state index in [4.69, 9.17) is 26.8 Å². The van der Waals surface area contributed by atoms with Crippen LogP contribution < -0.4 is 9.47 Å². The number of hydrogen-bond acceptors (Lipinski definition) is 6. The summed E-state index contributed by atoms with van der Waals surface area (Å²) < 4.78 is 11.5. The fraction of sp³-hybridized carbons (Fsp3) is 0.353. The van der Waals surface area contributed by atoms with Gasteiger partial charge in [0, 0.05) is 6.54 Å². The van der Waals surface area contributed by atoms with Gasteiger partial charge in [0.25, 0.3) is 5.91 Å². The number of amides is 1. The molecule has 0 atom stereocenters. The van der Waals surface area contributed by atoms with E-state index in [0.29, 0.717) is 33.9 Å². The smallest absolute Gasteiger partial charge is 0.305 e. The first-order chi connectivity index (χ1) is 12.0. The number of carboxylic acids is 1. The predicted molar refractivity (Wildman–Crippen MR) is 101 cm³/mol. The molecule has 0 bridgehead atoms. The summed E-state index contributed by atoms with van der Waals surface area (Å²) in [5.74, 6) is 0.0176. The maximum atomic E-state index is 12.4. The van der Waals surface area contributed by atoms with Gasteiger partial charge in [-0.3, -0.25) is 14.5 Å². The lowest BCUT2D eigenvalue weighted by molar-refractivity contribution is -0.137. The van der Waals surface area contributed by atoms with Crippen LogP contribution in [0.1, 0.15) is 25.8 Å². The molecular weight excluding hydrogens is 362 g/mol. The monoisotopic (exact) mass is 381 g/mol. The number of carboxylic acid groups (broad SMARTS) is 1. The second-order valence-electron chi connectivity index (χ2n) is 5.05.